The smallest absolute Gasteiger partial charge is 0.335 e. The van der Waals surface area contributed by atoms with Gasteiger partial charge in [-0.05, 0) is 61.2 Å². The van der Waals surface area contributed by atoms with Crippen molar-refractivity contribution in [3.63, 3.8) is 0 Å². The molecule has 1 aliphatic heterocycles. The summed E-state index contributed by atoms with van der Waals surface area (Å²) in [5, 5.41) is 24.1. The number of rotatable bonds is 9. The third-order valence-electron chi connectivity index (χ3n) is 7.60. The van der Waals surface area contributed by atoms with Gasteiger partial charge in [0.1, 0.15) is 11.7 Å². The number of amidine groups is 1. The van der Waals surface area contributed by atoms with Crippen molar-refractivity contribution in [1.29, 1.82) is 5.41 Å². The van der Waals surface area contributed by atoms with Crippen molar-refractivity contribution in [2.45, 2.75) is 31.7 Å². The molecule has 0 bridgehead atoms. The first-order valence-corrected chi connectivity index (χ1v) is 14.0. The topological polar surface area (TPSA) is 178 Å². The summed E-state index contributed by atoms with van der Waals surface area (Å²) in [6.07, 6.45) is 2.79. The van der Waals surface area contributed by atoms with Crippen molar-refractivity contribution in [3.05, 3.63) is 94.8 Å². The van der Waals surface area contributed by atoms with Crippen LogP contribution in [-0.4, -0.2) is 62.5 Å². The van der Waals surface area contributed by atoms with Gasteiger partial charge in [-0.3, -0.25) is 15.6 Å². The fourth-order valence-electron chi connectivity index (χ4n) is 5.15. The quantitative estimate of drug-likeness (QED) is 0.129. The molecule has 7 N–H and O–H groups in total. The first-order chi connectivity index (χ1) is 20.7. The molecule has 1 saturated heterocycles. The minimum atomic E-state index is -1.06. The number of fused-ring (bicyclic) bond motifs is 1. The predicted octanol–water partition coefficient (Wildman–Crippen LogP) is 3.27. The van der Waals surface area contributed by atoms with Crippen molar-refractivity contribution in [2.24, 2.45) is 12.8 Å². The molecular weight excluding hydrogens is 548 g/mol. The van der Waals surface area contributed by atoms with Crippen LogP contribution >= 0.6 is 0 Å². The summed E-state index contributed by atoms with van der Waals surface area (Å²) in [6.45, 7) is 1.13. The molecule has 222 valence electrons. The molecule has 4 aromatic rings. The lowest BCUT2D eigenvalue weighted by Crippen LogP contribution is -2.51. The van der Waals surface area contributed by atoms with E-state index in [1.807, 2.05) is 47.0 Å². The molecule has 3 amide bonds. The lowest BCUT2D eigenvalue weighted by atomic mass is 10.1. The highest BCUT2D eigenvalue weighted by atomic mass is 16.4. The Morgan fingerprint density at radius 1 is 0.977 bits per heavy atom. The SMILES string of the molecule is Cn1c(CCc2ccc(C(=N)N)cc2)nc2cc(C(=O)NN3CCC(NC(=O)Nc4cccc(C(=O)O)c4)CC3)ccc21. The molecule has 0 unspecified atom stereocenters. The average molecular weight is 583 g/mol. The first-order valence-electron chi connectivity index (χ1n) is 14.0. The Labute approximate surface area is 248 Å². The molecule has 2 heterocycles. The number of anilines is 1. The third-order valence-corrected chi connectivity index (χ3v) is 7.60. The normalized spacial score (nSPS) is 13.9. The molecule has 43 heavy (non-hydrogen) atoms. The van der Waals surface area contributed by atoms with Crippen molar-refractivity contribution >= 4 is 40.5 Å². The summed E-state index contributed by atoms with van der Waals surface area (Å²) in [5.41, 5.74) is 13.0. The standard InChI is InChI=1S/C31H34N8O4/c1-38-26-11-10-21(18-25(26)36-27(38)12-7-19-5-8-20(9-6-19)28(32)33)29(40)37-39-15-13-23(14-16-39)34-31(43)35-24-4-2-3-22(17-24)30(41)42/h2-6,8-11,17-18,23H,7,12-16H2,1H3,(H3,32,33)(H,37,40)(H,41,42)(H2,34,35,43). The van der Waals surface area contributed by atoms with E-state index in [-0.39, 0.29) is 23.3 Å². The Morgan fingerprint density at radius 2 is 1.70 bits per heavy atom. The number of hydrogen-bond donors (Lipinski definition) is 6. The number of carbonyl (C=O) groups is 3. The van der Waals surface area contributed by atoms with Crippen LogP contribution in [0.2, 0.25) is 0 Å². The molecule has 0 radical (unpaired) electrons. The molecule has 12 nitrogen and oxygen atoms in total. The van der Waals surface area contributed by atoms with Gasteiger partial charge in [-0.25, -0.2) is 19.6 Å². The second kappa shape index (κ2) is 12.7. The summed E-state index contributed by atoms with van der Waals surface area (Å²) in [4.78, 5) is 41.4. The van der Waals surface area contributed by atoms with E-state index in [4.69, 9.17) is 21.2 Å². The van der Waals surface area contributed by atoms with Crippen molar-refractivity contribution in [3.8, 4) is 0 Å². The summed E-state index contributed by atoms with van der Waals surface area (Å²) in [7, 11) is 1.97. The number of hydrazine groups is 1. The zero-order valence-corrected chi connectivity index (χ0v) is 23.8. The highest BCUT2D eigenvalue weighted by Crippen LogP contribution is 2.19. The van der Waals surface area contributed by atoms with Crippen LogP contribution in [0.25, 0.3) is 11.0 Å². The van der Waals surface area contributed by atoms with E-state index < -0.39 is 12.0 Å². The van der Waals surface area contributed by atoms with Gasteiger partial charge in [0.05, 0.1) is 16.6 Å². The lowest BCUT2D eigenvalue weighted by Gasteiger charge is -2.32. The Morgan fingerprint density at radius 3 is 2.40 bits per heavy atom. The zero-order valence-electron chi connectivity index (χ0n) is 23.8. The molecule has 0 spiro atoms. The highest BCUT2D eigenvalue weighted by Gasteiger charge is 2.23. The molecule has 5 rings (SSSR count). The maximum Gasteiger partial charge on any atom is 0.335 e. The van der Waals surface area contributed by atoms with Crippen LogP contribution in [0.3, 0.4) is 0 Å². The summed E-state index contributed by atoms with van der Waals surface area (Å²) in [5.74, 6) is -0.320. The van der Waals surface area contributed by atoms with Crippen molar-refractivity contribution in [1.82, 2.24) is 25.3 Å². The molecule has 1 aliphatic rings. The van der Waals surface area contributed by atoms with E-state index in [0.717, 1.165) is 35.3 Å². The largest absolute Gasteiger partial charge is 0.478 e. The van der Waals surface area contributed by atoms with E-state index in [1.54, 1.807) is 24.3 Å². The molecule has 3 aromatic carbocycles. The van der Waals surface area contributed by atoms with Crippen LogP contribution in [0.5, 0.6) is 0 Å². The average Bonchev–Trinajstić information content (AvgIpc) is 3.31. The number of imidazole rings is 1. The summed E-state index contributed by atoms with van der Waals surface area (Å²) >= 11 is 0. The van der Waals surface area contributed by atoms with Gasteiger partial charge in [0.25, 0.3) is 5.91 Å². The summed E-state index contributed by atoms with van der Waals surface area (Å²) < 4.78 is 2.04. The summed E-state index contributed by atoms with van der Waals surface area (Å²) in [6, 6.07) is 18.7. The van der Waals surface area contributed by atoms with Crippen LogP contribution in [0.1, 0.15) is 50.5 Å². The minimum absolute atomic E-state index is 0.0481. The van der Waals surface area contributed by atoms with E-state index in [9.17, 15) is 14.4 Å². The number of nitrogen functional groups attached to an aromatic ring is 1. The number of carboxylic acid groups (broad SMARTS) is 1. The molecule has 1 fully saturated rings. The first kappa shape index (κ1) is 29.3. The van der Waals surface area contributed by atoms with Crippen LogP contribution in [0, 0.1) is 5.41 Å². The predicted molar refractivity (Wildman–Crippen MR) is 163 cm³/mol. The van der Waals surface area contributed by atoms with Gasteiger partial charge in [-0.1, -0.05) is 30.3 Å². The Balaban J connectivity index is 1.11. The van der Waals surface area contributed by atoms with Crippen LogP contribution in [0.4, 0.5) is 10.5 Å². The number of carboxylic acids is 1. The molecule has 1 aromatic heterocycles. The minimum Gasteiger partial charge on any atom is -0.478 e. The Hall–Kier alpha value is -5.23. The Kier molecular flexibility index (Phi) is 8.67. The van der Waals surface area contributed by atoms with Crippen molar-refractivity contribution < 1.29 is 19.5 Å². The van der Waals surface area contributed by atoms with Gasteiger partial charge >= 0.3 is 12.0 Å². The molecule has 0 saturated carbocycles. The molecule has 0 atom stereocenters. The van der Waals surface area contributed by atoms with E-state index >= 15 is 0 Å². The van der Waals surface area contributed by atoms with Crippen molar-refractivity contribution in [2.75, 3.05) is 18.4 Å². The zero-order chi connectivity index (χ0) is 30.5. The van der Waals surface area contributed by atoms with Gasteiger partial charge in [0.2, 0.25) is 0 Å². The Bertz CT molecular complexity index is 1670. The number of aryl methyl sites for hydroxylation is 3. The fraction of sp³-hybridized carbons (Fsp3) is 0.258. The number of nitrogens with two attached hydrogens (primary N) is 1. The maximum atomic E-state index is 13.0. The number of piperidine rings is 1. The van der Waals surface area contributed by atoms with E-state index in [0.29, 0.717) is 42.7 Å². The lowest BCUT2D eigenvalue weighted by molar-refractivity contribution is 0.0695. The molecule has 12 heteroatoms. The van der Waals surface area contributed by atoms with Crippen LogP contribution in [0.15, 0.2) is 66.7 Å². The molecular formula is C31H34N8O4. The van der Waals surface area contributed by atoms with Crippen LogP contribution < -0.4 is 21.8 Å². The maximum absolute atomic E-state index is 13.0. The number of carbonyl (C=O) groups excluding carboxylic acids is 2. The highest BCUT2D eigenvalue weighted by molar-refractivity contribution is 5.97. The number of aromatic carboxylic acids is 1. The number of nitrogens with one attached hydrogen (secondary N) is 4. The second-order valence-corrected chi connectivity index (χ2v) is 10.6. The van der Waals surface area contributed by atoms with E-state index in [1.165, 1.54) is 12.1 Å². The number of hydrogen-bond acceptors (Lipinski definition) is 6. The van der Waals surface area contributed by atoms with Crippen LogP contribution in [-0.2, 0) is 19.9 Å². The monoisotopic (exact) mass is 582 g/mol. The van der Waals surface area contributed by atoms with E-state index in [2.05, 4.69) is 16.1 Å². The van der Waals surface area contributed by atoms with Gasteiger partial charge in [0.15, 0.2) is 0 Å². The number of nitrogens with zero attached hydrogens (tertiary/aromatic N) is 3. The van der Waals surface area contributed by atoms with Gasteiger partial charge in [-0.15, -0.1) is 0 Å². The number of benzene rings is 3. The van der Waals surface area contributed by atoms with Gasteiger partial charge < -0.3 is 26.0 Å². The second-order valence-electron chi connectivity index (χ2n) is 10.6. The number of amides is 3. The number of aromatic nitrogens is 2. The number of urea groups is 1. The van der Waals surface area contributed by atoms with Gasteiger partial charge in [0, 0.05) is 49.4 Å². The molecule has 0 aliphatic carbocycles. The third kappa shape index (κ3) is 7.16. The van der Waals surface area contributed by atoms with Gasteiger partial charge in [-0.2, -0.15) is 0 Å². The fourth-order valence-corrected chi connectivity index (χ4v) is 5.15.